The molecule has 2 aliphatic heterocycles. The number of fused-ring (bicyclic) bond motifs is 1. The van der Waals surface area contributed by atoms with E-state index >= 15 is 0 Å². The zero-order valence-corrected chi connectivity index (χ0v) is 23.1. The zero-order valence-electron chi connectivity index (χ0n) is 23.1. The summed E-state index contributed by atoms with van der Waals surface area (Å²) in [5, 5.41) is 5.95. The number of amides is 3. The minimum Gasteiger partial charge on any atom is -0.358 e. The van der Waals surface area contributed by atoms with Gasteiger partial charge in [0.1, 0.15) is 0 Å². The van der Waals surface area contributed by atoms with Crippen LogP contribution in [0.4, 0.5) is 5.69 Å². The number of likely N-dealkylation sites (N-methyl/N-ethyl adjacent to an activating group) is 1. The molecule has 1 fully saturated rings. The summed E-state index contributed by atoms with van der Waals surface area (Å²) in [6.45, 7) is 10.9. The third kappa shape index (κ3) is 5.25. The molecule has 3 amide bonds. The number of H-pyrrole nitrogens is 1. The summed E-state index contributed by atoms with van der Waals surface area (Å²) in [5.74, 6) is -0.441. The van der Waals surface area contributed by atoms with Crippen LogP contribution in [0.15, 0.2) is 42.5 Å². The molecule has 0 radical (unpaired) electrons. The Kier molecular flexibility index (Phi) is 7.14. The van der Waals surface area contributed by atoms with Crippen molar-refractivity contribution in [3.05, 3.63) is 87.2 Å². The number of rotatable bonds is 5. The van der Waals surface area contributed by atoms with Gasteiger partial charge < -0.3 is 25.4 Å². The highest BCUT2D eigenvalue weighted by atomic mass is 16.2. The molecule has 2 aliphatic rings. The van der Waals surface area contributed by atoms with Gasteiger partial charge in [-0.2, -0.15) is 0 Å². The van der Waals surface area contributed by atoms with Gasteiger partial charge in [-0.3, -0.25) is 14.4 Å². The monoisotopic (exact) mass is 525 g/mol. The second-order valence-electron chi connectivity index (χ2n) is 10.6. The Morgan fingerprint density at radius 1 is 1.03 bits per heavy atom. The molecule has 1 atom stereocenters. The van der Waals surface area contributed by atoms with Gasteiger partial charge in [0, 0.05) is 54.4 Å². The van der Waals surface area contributed by atoms with Gasteiger partial charge in [-0.05, 0) is 70.1 Å². The number of aryl methyl sites for hydroxylation is 2. The van der Waals surface area contributed by atoms with E-state index in [1.165, 1.54) is 0 Å². The molecule has 1 saturated heterocycles. The first-order valence-electron chi connectivity index (χ1n) is 13.3. The fourth-order valence-corrected chi connectivity index (χ4v) is 5.33. The maximum absolute atomic E-state index is 13.3. The van der Waals surface area contributed by atoms with Gasteiger partial charge in [0.05, 0.1) is 17.2 Å². The highest BCUT2D eigenvalue weighted by Gasteiger charge is 2.28. The lowest BCUT2D eigenvalue weighted by molar-refractivity contribution is -0.110. The van der Waals surface area contributed by atoms with Crippen LogP contribution in [0.2, 0.25) is 0 Å². The van der Waals surface area contributed by atoms with Crippen LogP contribution >= 0.6 is 0 Å². The molecule has 1 aromatic heterocycles. The summed E-state index contributed by atoms with van der Waals surface area (Å²) < 4.78 is 0. The fraction of sp³-hybridized carbons (Fsp3) is 0.323. The van der Waals surface area contributed by atoms with Crippen LogP contribution in [-0.2, 0) is 4.79 Å². The summed E-state index contributed by atoms with van der Waals surface area (Å²) in [7, 11) is 2.06. The molecule has 202 valence electrons. The average molecular weight is 526 g/mol. The van der Waals surface area contributed by atoms with Crippen molar-refractivity contribution >= 4 is 35.1 Å². The fourth-order valence-electron chi connectivity index (χ4n) is 5.33. The molecule has 0 saturated carbocycles. The Morgan fingerprint density at radius 3 is 2.49 bits per heavy atom. The molecule has 3 N–H and O–H groups in total. The largest absolute Gasteiger partial charge is 0.358 e. The van der Waals surface area contributed by atoms with E-state index in [0.717, 1.165) is 35.5 Å². The number of anilines is 1. The van der Waals surface area contributed by atoms with Crippen molar-refractivity contribution in [1.29, 1.82) is 0 Å². The summed E-state index contributed by atoms with van der Waals surface area (Å²) in [5.41, 5.74) is 7.37. The third-order valence-corrected chi connectivity index (χ3v) is 7.72. The van der Waals surface area contributed by atoms with E-state index in [-0.39, 0.29) is 23.8 Å². The first-order chi connectivity index (χ1) is 18.6. The van der Waals surface area contributed by atoms with E-state index < -0.39 is 0 Å². The Hall–Kier alpha value is -4.17. The number of piperazine rings is 1. The van der Waals surface area contributed by atoms with Gasteiger partial charge in [0.2, 0.25) is 0 Å². The molecular formula is C31H35N5O3. The number of aromatic amines is 1. The molecule has 8 nitrogen and oxygen atoms in total. The second-order valence-corrected chi connectivity index (χ2v) is 10.6. The number of nitrogens with one attached hydrogen (secondary N) is 3. The number of hydrogen-bond donors (Lipinski definition) is 3. The topological polar surface area (TPSA) is 97.5 Å². The van der Waals surface area contributed by atoms with Gasteiger partial charge >= 0.3 is 0 Å². The minimum atomic E-state index is -0.241. The number of carbonyl (C=O) groups is 3. The number of benzene rings is 2. The number of aromatic nitrogens is 1. The smallest absolute Gasteiger partial charge is 0.256 e. The average Bonchev–Trinajstić information content (AvgIpc) is 3.37. The minimum absolute atomic E-state index is 0.0111. The molecular weight excluding hydrogens is 490 g/mol. The van der Waals surface area contributed by atoms with Gasteiger partial charge in [0.25, 0.3) is 17.7 Å². The number of nitrogens with zero attached hydrogens (tertiary/aromatic N) is 2. The summed E-state index contributed by atoms with van der Waals surface area (Å²) >= 11 is 0. The van der Waals surface area contributed by atoms with E-state index in [2.05, 4.69) is 33.6 Å². The van der Waals surface area contributed by atoms with Crippen molar-refractivity contribution in [3.8, 4) is 0 Å². The molecule has 5 rings (SSSR count). The van der Waals surface area contributed by atoms with Crippen LogP contribution < -0.4 is 10.6 Å². The van der Waals surface area contributed by atoms with Crippen LogP contribution in [-0.4, -0.2) is 65.7 Å². The van der Waals surface area contributed by atoms with Gasteiger partial charge in [-0.1, -0.05) is 29.8 Å². The third-order valence-electron chi connectivity index (χ3n) is 7.72. The highest BCUT2D eigenvalue weighted by Crippen LogP contribution is 2.35. The molecule has 0 spiro atoms. The molecule has 2 aromatic carbocycles. The van der Waals surface area contributed by atoms with E-state index in [9.17, 15) is 14.4 Å². The molecule has 3 aromatic rings. The van der Waals surface area contributed by atoms with Crippen molar-refractivity contribution in [1.82, 2.24) is 20.1 Å². The van der Waals surface area contributed by atoms with Crippen molar-refractivity contribution < 1.29 is 14.4 Å². The lowest BCUT2D eigenvalue weighted by Gasteiger charge is -2.32. The van der Waals surface area contributed by atoms with Crippen LogP contribution in [0.25, 0.3) is 11.6 Å². The van der Waals surface area contributed by atoms with Gasteiger partial charge in [-0.25, -0.2) is 0 Å². The molecule has 8 heteroatoms. The van der Waals surface area contributed by atoms with Gasteiger partial charge in [-0.15, -0.1) is 0 Å². The van der Waals surface area contributed by atoms with Crippen molar-refractivity contribution in [2.75, 3.05) is 38.5 Å². The Labute approximate surface area is 229 Å². The predicted octanol–water partition coefficient (Wildman–Crippen LogP) is 4.31. The lowest BCUT2D eigenvalue weighted by Crippen LogP contribution is -2.47. The predicted molar refractivity (Wildman–Crippen MR) is 154 cm³/mol. The van der Waals surface area contributed by atoms with Crippen LogP contribution in [0.1, 0.15) is 67.3 Å². The van der Waals surface area contributed by atoms with Crippen molar-refractivity contribution in [2.45, 2.75) is 33.7 Å². The summed E-state index contributed by atoms with van der Waals surface area (Å²) in [6, 6.07) is 13.1. The molecule has 1 unspecified atom stereocenters. The van der Waals surface area contributed by atoms with Crippen molar-refractivity contribution in [3.63, 3.8) is 0 Å². The lowest BCUT2D eigenvalue weighted by atomic mass is 10.0. The maximum Gasteiger partial charge on any atom is 0.256 e. The Morgan fingerprint density at radius 2 is 1.77 bits per heavy atom. The zero-order chi connectivity index (χ0) is 27.8. The molecule has 0 bridgehead atoms. The summed E-state index contributed by atoms with van der Waals surface area (Å²) in [4.78, 5) is 46.8. The van der Waals surface area contributed by atoms with Crippen LogP contribution in [0.3, 0.4) is 0 Å². The quantitative estimate of drug-likeness (QED) is 0.433. The second kappa shape index (κ2) is 10.5. The summed E-state index contributed by atoms with van der Waals surface area (Å²) in [6.07, 6.45) is 1.78. The molecule has 39 heavy (non-hydrogen) atoms. The Bertz CT molecular complexity index is 1490. The normalized spacial score (nSPS) is 17.2. The number of hydrogen-bond acceptors (Lipinski definition) is 4. The first kappa shape index (κ1) is 26.4. The number of carbonyl (C=O) groups excluding carboxylic acids is 3. The van der Waals surface area contributed by atoms with Crippen molar-refractivity contribution in [2.24, 2.45) is 0 Å². The molecule has 3 heterocycles. The molecule has 0 aliphatic carbocycles. The first-order valence-corrected chi connectivity index (χ1v) is 13.3. The maximum atomic E-state index is 13.3. The van der Waals surface area contributed by atoms with E-state index in [4.69, 9.17) is 0 Å². The van der Waals surface area contributed by atoms with E-state index in [0.29, 0.717) is 46.7 Å². The van der Waals surface area contributed by atoms with Crippen LogP contribution in [0, 0.1) is 20.8 Å². The standard InChI is InChI=1S/C31H35N5O3/c1-18-7-6-8-22(15-18)20(3)33-29(37)23-9-10-26-24(16-23)25(30(38)34-26)17-27-19(2)28(21(4)32-27)31(39)36-13-11-35(5)12-14-36/h6-10,15-17,20,32H,11-14H2,1-5H3,(H,33,37)(H,34,38). The van der Waals surface area contributed by atoms with E-state index in [1.807, 2.05) is 50.8 Å². The Balaban J connectivity index is 1.41. The SMILES string of the molecule is Cc1cccc(C(C)NC(=O)c2ccc3c(c2)C(=Cc2[nH]c(C)c(C(=O)N4CCN(C)CC4)c2C)C(=O)N3)c1. The van der Waals surface area contributed by atoms with Gasteiger partial charge in [0.15, 0.2) is 0 Å². The van der Waals surface area contributed by atoms with Crippen LogP contribution in [0.5, 0.6) is 0 Å². The highest BCUT2D eigenvalue weighted by molar-refractivity contribution is 6.35. The van der Waals surface area contributed by atoms with E-state index in [1.54, 1.807) is 24.3 Å².